The van der Waals surface area contributed by atoms with Gasteiger partial charge in [-0.1, -0.05) is 24.3 Å². The molecule has 1 aromatic carbocycles. The van der Waals surface area contributed by atoms with Crippen molar-refractivity contribution < 1.29 is 0 Å². The van der Waals surface area contributed by atoms with Gasteiger partial charge in [-0.25, -0.2) is 5.01 Å². The highest BCUT2D eigenvalue weighted by molar-refractivity contribution is 5.40. The molecule has 0 saturated carbocycles. The Balaban J connectivity index is 1.67. The topological polar surface area (TPSA) is 15.3 Å². The van der Waals surface area contributed by atoms with E-state index >= 15 is 0 Å². The highest BCUT2D eigenvalue weighted by Crippen LogP contribution is 2.35. The lowest BCUT2D eigenvalue weighted by molar-refractivity contribution is 0.228. The summed E-state index contributed by atoms with van der Waals surface area (Å²) in [6.45, 7) is 3.57. The first-order valence-corrected chi connectivity index (χ1v) is 5.50. The minimum Gasteiger partial charge on any atom is -0.255 e. The number of nitrogens with one attached hydrogen (secondary N) is 1. The quantitative estimate of drug-likeness (QED) is 0.757. The minimum absolute atomic E-state index is 0.775. The molecule has 0 radical (unpaired) electrons. The fourth-order valence-corrected chi connectivity index (χ4v) is 2.53. The van der Waals surface area contributed by atoms with Crippen molar-refractivity contribution in [1.82, 2.24) is 10.4 Å². The second-order valence-electron chi connectivity index (χ2n) is 4.31. The van der Waals surface area contributed by atoms with Gasteiger partial charge in [-0.05, 0) is 24.0 Å². The molecule has 74 valence electrons. The maximum atomic E-state index is 3.42. The number of hydrogen-bond acceptors (Lipinski definition) is 2. The molecule has 1 fully saturated rings. The van der Waals surface area contributed by atoms with Gasteiger partial charge in [-0.15, -0.1) is 0 Å². The summed E-state index contributed by atoms with van der Waals surface area (Å²) in [6.07, 6.45) is 2.57. The Kier molecular flexibility index (Phi) is 2.03. The van der Waals surface area contributed by atoms with Crippen LogP contribution in [0.4, 0.5) is 0 Å². The highest BCUT2D eigenvalue weighted by Gasteiger charge is 2.27. The molecule has 0 amide bonds. The van der Waals surface area contributed by atoms with Crippen molar-refractivity contribution in [2.45, 2.75) is 18.8 Å². The predicted octanol–water partition coefficient (Wildman–Crippen LogP) is 1.54. The summed E-state index contributed by atoms with van der Waals surface area (Å²) in [6, 6.07) is 8.83. The average molecular weight is 188 g/mol. The molecule has 3 rings (SSSR count). The molecule has 2 aliphatic rings. The molecule has 1 aliphatic carbocycles. The van der Waals surface area contributed by atoms with Gasteiger partial charge in [0.25, 0.3) is 0 Å². The zero-order chi connectivity index (χ0) is 9.38. The summed E-state index contributed by atoms with van der Waals surface area (Å²) >= 11 is 0. The van der Waals surface area contributed by atoms with Crippen molar-refractivity contribution in [3.63, 3.8) is 0 Å². The number of benzene rings is 1. The molecular formula is C12H16N2. The van der Waals surface area contributed by atoms with Gasteiger partial charge in [0.1, 0.15) is 0 Å². The van der Waals surface area contributed by atoms with Crippen molar-refractivity contribution in [2.75, 3.05) is 19.6 Å². The van der Waals surface area contributed by atoms with Crippen molar-refractivity contribution in [3.8, 4) is 0 Å². The Labute approximate surface area is 84.9 Å². The molecule has 1 atom stereocenters. The maximum Gasteiger partial charge on any atom is 0.0203 e. The summed E-state index contributed by atoms with van der Waals surface area (Å²) in [5, 5.41) is 2.38. The third kappa shape index (κ3) is 1.35. The molecule has 0 aromatic heterocycles. The Morgan fingerprint density at radius 1 is 1.36 bits per heavy atom. The summed E-state index contributed by atoms with van der Waals surface area (Å²) in [5.41, 5.74) is 6.54. The predicted molar refractivity (Wildman–Crippen MR) is 57.1 cm³/mol. The lowest BCUT2D eigenvalue weighted by Crippen LogP contribution is -2.37. The molecule has 1 N–H and O–H groups in total. The van der Waals surface area contributed by atoms with Gasteiger partial charge in [-0.2, -0.15) is 0 Å². The van der Waals surface area contributed by atoms with Crippen LogP contribution in [0, 0.1) is 0 Å². The Hall–Kier alpha value is -0.860. The lowest BCUT2D eigenvalue weighted by atomic mass is 9.77. The SMILES string of the molecule is c1ccc2c(c1)CC2CN1CCCN1. The average Bonchev–Trinajstić information content (AvgIpc) is 2.67. The molecule has 1 aliphatic heterocycles. The number of hydrazine groups is 1. The second kappa shape index (κ2) is 3.37. The van der Waals surface area contributed by atoms with E-state index in [1.807, 2.05) is 0 Å². The smallest absolute Gasteiger partial charge is 0.0203 e. The highest BCUT2D eigenvalue weighted by atomic mass is 15.5. The molecule has 14 heavy (non-hydrogen) atoms. The third-order valence-electron chi connectivity index (χ3n) is 3.34. The zero-order valence-electron chi connectivity index (χ0n) is 8.37. The van der Waals surface area contributed by atoms with Gasteiger partial charge in [-0.3, -0.25) is 5.43 Å². The first-order valence-electron chi connectivity index (χ1n) is 5.50. The summed E-state index contributed by atoms with van der Waals surface area (Å²) in [7, 11) is 0. The van der Waals surface area contributed by atoms with E-state index in [1.54, 1.807) is 11.1 Å². The van der Waals surface area contributed by atoms with E-state index in [1.165, 1.54) is 25.9 Å². The number of nitrogens with zero attached hydrogens (tertiary/aromatic N) is 1. The monoisotopic (exact) mass is 188 g/mol. The van der Waals surface area contributed by atoms with Crippen LogP contribution in [-0.2, 0) is 6.42 Å². The van der Waals surface area contributed by atoms with Crippen molar-refractivity contribution in [2.24, 2.45) is 0 Å². The first kappa shape index (κ1) is 8.45. The van der Waals surface area contributed by atoms with Crippen LogP contribution >= 0.6 is 0 Å². The fourth-order valence-electron chi connectivity index (χ4n) is 2.53. The molecule has 0 bridgehead atoms. The van der Waals surface area contributed by atoms with Crippen LogP contribution in [0.3, 0.4) is 0 Å². The largest absolute Gasteiger partial charge is 0.255 e. The molecule has 2 nitrogen and oxygen atoms in total. The van der Waals surface area contributed by atoms with Crippen LogP contribution in [0.25, 0.3) is 0 Å². The van der Waals surface area contributed by atoms with E-state index in [0.29, 0.717) is 0 Å². The van der Waals surface area contributed by atoms with Crippen molar-refractivity contribution in [3.05, 3.63) is 35.4 Å². The number of rotatable bonds is 2. The molecule has 2 heteroatoms. The van der Waals surface area contributed by atoms with Gasteiger partial charge in [0.15, 0.2) is 0 Å². The molecule has 1 saturated heterocycles. The molecule has 1 unspecified atom stereocenters. The lowest BCUT2D eigenvalue weighted by Gasteiger charge is -2.33. The summed E-state index contributed by atoms with van der Waals surface area (Å²) in [5.74, 6) is 0.775. The number of hydrogen-bond donors (Lipinski definition) is 1. The van der Waals surface area contributed by atoms with Crippen LogP contribution < -0.4 is 5.43 Å². The number of fused-ring (bicyclic) bond motifs is 1. The summed E-state index contributed by atoms with van der Waals surface area (Å²) in [4.78, 5) is 0. The Bertz CT molecular complexity index is 329. The maximum absolute atomic E-state index is 3.42. The van der Waals surface area contributed by atoms with E-state index in [9.17, 15) is 0 Å². The van der Waals surface area contributed by atoms with Crippen LogP contribution in [-0.4, -0.2) is 24.6 Å². The Morgan fingerprint density at radius 2 is 2.29 bits per heavy atom. The van der Waals surface area contributed by atoms with E-state index in [0.717, 1.165) is 12.5 Å². The molecular weight excluding hydrogens is 172 g/mol. The minimum atomic E-state index is 0.775. The van der Waals surface area contributed by atoms with Crippen molar-refractivity contribution >= 4 is 0 Å². The molecule has 0 spiro atoms. The summed E-state index contributed by atoms with van der Waals surface area (Å²) < 4.78 is 0. The van der Waals surface area contributed by atoms with Gasteiger partial charge in [0.2, 0.25) is 0 Å². The fraction of sp³-hybridized carbons (Fsp3) is 0.500. The van der Waals surface area contributed by atoms with Gasteiger partial charge < -0.3 is 0 Å². The van der Waals surface area contributed by atoms with Gasteiger partial charge >= 0.3 is 0 Å². The van der Waals surface area contributed by atoms with Crippen LogP contribution in [0.2, 0.25) is 0 Å². The first-order chi connectivity index (χ1) is 6.93. The van der Waals surface area contributed by atoms with E-state index in [-0.39, 0.29) is 0 Å². The van der Waals surface area contributed by atoms with Gasteiger partial charge in [0.05, 0.1) is 0 Å². The van der Waals surface area contributed by atoms with E-state index < -0.39 is 0 Å². The van der Waals surface area contributed by atoms with Crippen LogP contribution in [0.1, 0.15) is 23.5 Å². The molecule has 1 aromatic rings. The van der Waals surface area contributed by atoms with Crippen LogP contribution in [0.15, 0.2) is 24.3 Å². The third-order valence-corrected chi connectivity index (χ3v) is 3.34. The van der Waals surface area contributed by atoms with Crippen molar-refractivity contribution in [1.29, 1.82) is 0 Å². The van der Waals surface area contributed by atoms with Gasteiger partial charge in [0, 0.05) is 25.6 Å². The zero-order valence-corrected chi connectivity index (χ0v) is 8.37. The molecule has 1 heterocycles. The normalized spacial score (nSPS) is 25.9. The standard InChI is InChI=1S/C12H16N2/c1-2-5-12-10(4-1)8-11(12)9-14-7-3-6-13-14/h1-2,4-5,11,13H,3,6-9H2. The van der Waals surface area contributed by atoms with E-state index in [2.05, 4.69) is 34.7 Å². The van der Waals surface area contributed by atoms with E-state index in [4.69, 9.17) is 0 Å². The Morgan fingerprint density at radius 3 is 3.07 bits per heavy atom. The second-order valence-corrected chi connectivity index (χ2v) is 4.31. The van der Waals surface area contributed by atoms with Crippen LogP contribution in [0.5, 0.6) is 0 Å².